The van der Waals surface area contributed by atoms with Gasteiger partial charge in [-0.05, 0) is 45.0 Å². The molecule has 8 nitrogen and oxygen atoms in total. The molecule has 0 aliphatic carbocycles. The van der Waals surface area contributed by atoms with Crippen molar-refractivity contribution in [2.24, 2.45) is 0 Å². The Morgan fingerprint density at radius 1 is 1.37 bits per heavy atom. The van der Waals surface area contributed by atoms with E-state index in [1.165, 1.54) is 0 Å². The minimum absolute atomic E-state index is 0.258. The topological polar surface area (TPSA) is 90.3 Å². The number of piperidine rings is 1. The van der Waals surface area contributed by atoms with Gasteiger partial charge in [-0.1, -0.05) is 22.9 Å². The van der Waals surface area contributed by atoms with Crippen molar-refractivity contribution in [1.82, 2.24) is 20.3 Å². The lowest BCUT2D eigenvalue weighted by Gasteiger charge is -2.22. The Morgan fingerprint density at radius 2 is 2.19 bits per heavy atom. The van der Waals surface area contributed by atoms with Crippen LogP contribution < -0.4 is 15.4 Å². The van der Waals surface area contributed by atoms with Crippen LogP contribution in [-0.2, 0) is 4.74 Å². The van der Waals surface area contributed by atoms with Gasteiger partial charge in [0.05, 0.1) is 29.6 Å². The van der Waals surface area contributed by atoms with E-state index in [0.717, 1.165) is 25.9 Å². The number of aromatic nitrogens is 3. The van der Waals surface area contributed by atoms with Gasteiger partial charge in [-0.3, -0.25) is 4.79 Å². The van der Waals surface area contributed by atoms with Gasteiger partial charge in [0.1, 0.15) is 6.61 Å². The summed E-state index contributed by atoms with van der Waals surface area (Å²) in [7, 11) is 0. The molecule has 9 heteroatoms. The largest absolute Gasteiger partial charge is 0.487 e. The Balaban J connectivity index is 1.67. The van der Waals surface area contributed by atoms with E-state index in [2.05, 4.69) is 20.9 Å². The number of rotatable bonds is 8. The molecule has 2 N–H and O–H groups in total. The minimum atomic E-state index is -0.355. The van der Waals surface area contributed by atoms with Crippen LogP contribution >= 0.6 is 11.6 Å². The molecule has 0 saturated carbocycles. The second kappa shape index (κ2) is 9.68. The number of hydrogen-bond donors (Lipinski definition) is 2. The zero-order valence-corrected chi connectivity index (χ0v) is 16.0. The van der Waals surface area contributed by atoms with Crippen LogP contribution in [0.3, 0.4) is 0 Å². The summed E-state index contributed by atoms with van der Waals surface area (Å²) in [5.41, 5.74) is 0.745. The maximum atomic E-state index is 12.6. The van der Waals surface area contributed by atoms with Crippen molar-refractivity contribution in [3.8, 4) is 5.75 Å². The van der Waals surface area contributed by atoms with Gasteiger partial charge in [-0.15, -0.1) is 5.10 Å². The first kappa shape index (κ1) is 19.6. The van der Waals surface area contributed by atoms with Crippen molar-refractivity contribution in [2.45, 2.75) is 25.8 Å². The second-order valence-electron chi connectivity index (χ2n) is 6.18. The van der Waals surface area contributed by atoms with Crippen LogP contribution in [0.15, 0.2) is 24.4 Å². The standard InChI is InChI=1S/C18H24ClN5O3/c1-2-26-10-11-27-17-14(19)4-3-5-15(17)21-18(25)16-12-24(23-22-16)13-6-8-20-9-7-13/h3-5,12-13,20H,2,6-11H2,1H3,(H,21,25). The molecule has 1 amide bonds. The van der Waals surface area contributed by atoms with E-state index in [1.54, 1.807) is 29.1 Å². The van der Waals surface area contributed by atoms with Gasteiger partial charge < -0.3 is 20.1 Å². The molecule has 0 bridgehead atoms. The normalized spacial score (nSPS) is 14.9. The molecule has 27 heavy (non-hydrogen) atoms. The molecular formula is C18H24ClN5O3. The number of nitrogens with one attached hydrogen (secondary N) is 2. The number of para-hydroxylation sites is 1. The van der Waals surface area contributed by atoms with Crippen molar-refractivity contribution in [3.63, 3.8) is 0 Å². The predicted molar refractivity (Wildman–Crippen MR) is 103 cm³/mol. The molecule has 1 saturated heterocycles. The fourth-order valence-electron chi connectivity index (χ4n) is 2.92. The minimum Gasteiger partial charge on any atom is -0.487 e. The Kier molecular flexibility index (Phi) is 7.03. The number of nitrogens with zero attached hydrogens (tertiary/aromatic N) is 3. The van der Waals surface area contributed by atoms with E-state index < -0.39 is 0 Å². The molecule has 1 fully saturated rings. The number of carbonyl (C=O) groups is 1. The van der Waals surface area contributed by atoms with Crippen LogP contribution in [0.25, 0.3) is 0 Å². The Labute approximate surface area is 163 Å². The Bertz CT molecular complexity index is 761. The third kappa shape index (κ3) is 5.18. The SMILES string of the molecule is CCOCCOc1c(Cl)cccc1NC(=O)c1cn(C2CCNCC2)nn1. The number of benzene rings is 1. The van der Waals surface area contributed by atoms with Crippen molar-refractivity contribution in [3.05, 3.63) is 35.1 Å². The highest BCUT2D eigenvalue weighted by Crippen LogP contribution is 2.33. The molecule has 0 unspecified atom stereocenters. The van der Waals surface area contributed by atoms with Crippen LogP contribution in [0, 0.1) is 0 Å². The number of ether oxygens (including phenoxy) is 2. The van der Waals surface area contributed by atoms with Crippen molar-refractivity contribution < 1.29 is 14.3 Å². The molecule has 146 valence electrons. The molecule has 1 aliphatic heterocycles. The number of hydrogen-bond acceptors (Lipinski definition) is 6. The van der Waals surface area contributed by atoms with Gasteiger partial charge in [0.2, 0.25) is 0 Å². The smallest absolute Gasteiger partial charge is 0.277 e. The van der Waals surface area contributed by atoms with Crippen LogP contribution in [0.4, 0.5) is 5.69 Å². The van der Waals surface area contributed by atoms with E-state index in [-0.39, 0.29) is 17.6 Å². The van der Waals surface area contributed by atoms with Crippen LogP contribution in [0.5, 0.6) is 5.75 Å². The third-order valence-corrected chi connectivity index (χ3v) is 4.62. The average molecular weight is 394 g/mol. The van der Waals surface area contributed by atoms with E-state index >= 15 is 0 Å². The molecule has 1 aromatic carbocycles. The first-order valence-electron chi connectivity index (χ1n) is 9.12. The molecular weight excluding hydrogens is 370 g/mol. The summed E-state index contributed by atoms with van der Waals surface area (Å²) in [6, 6.07) is 5.46. The second-order valence-corrected chi connectivity index (χ2v) is 6.59. The zero-order chi connectivity index (χ0) is 19.1. The molecule has 0 radical (unpaired) electrons. The summed E-state index contributed by atoms with van der Waals surface area (Å²) in [6.07, 6.45) is 3.62. The van der Waals surface area contributed by atoms with E-state index in [9.17, 15) is 4.79 Å². The van der Waals surface area contributed by atoms with E-state index in [0.29, 0.717) is 36.3 Å². The van der Waals surface area contributed by atoms with Crippen molar-refractivity contribution in [1.29, 1.82) is 0 Å². The van der Waals surface area contributed by atoms with E-state index in [1.807, 2.05) is 6.92 Å². The fraction of sp³-hybridized carbons (Fsp3) is 0.500. The summed E-state index contributed by atoms with van der Waals surface area (Å²) >= 11 is 6.22. The summed E-state index contributed by atoms with van der Waals surface area (Å²) in [5, 5.41) is 14.7. The van der Waals surface area contributed by atoms with Gasteiger partial charge in [0.25, 0.3) is 5.91 Å². The molecule has 3 rings (SSSR count). The number of carbonyl (C=O) groups excluding carboxylic acids is 1. The van der Waals surface area contributed by atoms with Crippen LogP contribution in [0.2, 0.25) is 5.02 Å². The van der Waals surface area contributed by atoms with E-state index in [4.69, 9.17) is 21.1 Å². The van der Waals surface area contributed by atoms with Gasteiger partial charge in [0.15, 0.2) is 11.4 Å². The van der Waals surface area contributed by atoms with Gasteiger partial charge >= 0.3 is 0 Å². The lowest BCUT2D eigenvalue weighted by atomic mass is 10.1. The van der Waals surface area contributed by atoms with Gasteiger partial charge in [-0.25, -0.2) is 4.68 Å². The van der Waals surface area contributed by atoms with Crippen LogP contribution in [-0.4, -0.2) is 53.8 Å². The van der Waals surface area contributed by atoms with Crippen molar-refractivity contribution in [2.75, 3.05) is 38.2 Å². The number of amides is 1. The Hall–Kier alpha value is -2.16. The maximum absolute atomic E-state index is 12.6. The first-order chi connectivity index (χ1) is 13.2. The van der Waals surface area contributed by atoms with Crippen LogP contribution in [0.1, 0.15) is 36.3 Å². The molecule has 2 heterocycles. The molecule has 1 aliphatic rings. The summed E-state index contributed by atoms with van der Waals surface area (Å²) in [5.74, 6) is 0.0603. The summed E-state index contributed by atoms with van der Waals surface area (Å²) in [4.78, 5) is 12.6. The van der Waals surface area contributed by atoms with Gasteiger partial charge in [-0.2, -0.15) is 0 Å². The monoisotopic (exact) mass is 393 g/mol. The highest BCUT2D eigenvalue weighted by molar-refractivity contribution is 6.32. The quantitative estimate of drug-likeness (QED) is 0.670. The number of anilines is 1. The average Bonchev–Trinajstić information content (AvgIpc) is 3.18. The highest BCUT2D eigenvalue weighted by atomic mass is 35.5. The third-order valence-electron chi connectivity index (χ3n) is 4.32. The summed E-state index contributed by atoms with van der Waals surface area (Å²) < 4.78 is 12.7. The Morgan fingerprint density at radius 3 is 2.96 bits per heavy atom. The molecule has 0 atom stereocenters. The molecule has 0 spiro atoms. The number of halogens is 1. The predicted octanol–water partition coefficient (Wildman–Crippen LogP) is 2.52. The summed E-state index contributed by atoms with van der Waals surface area (Å²) in [6.45, 7) is 5.19. The highest BCUT2D eigenvalue weighted by Gasteiger charge is 2.20. The molecule has 2 aromatic rings. The first-order valence-corrected chi connectivity index (χ1v) is 9.49. The lowest BCUT2D eigenvalue weighted by Crippen LogP contribution is -2.29. The van der Waals surface area contributed by atoms with Gasteiger partial charge in [0, 0.05) is 6.61 Å². The maximum Gasteiger partial charge on any atom is 0.277 e. The zero-order valence-electron chi connectivity index (χ0n) is 15.3. The fourth-order valence-corrected chi connectivity index (χ4v) is 3.15. The lowest BCUT2D eigenvalue weighted by molar-refractivity contribution is 0.101. The van der Waals surface area contributed by atoms with Crippen molar-refractivity contribution >= 4 is 23.2 Å². The molecule has 1 aromatic heterocycles.